The van der Waals surface area contributed by atoms with Gasteiger partial charge in [-0.1, -0.05) is 0 Å². The number of nitrogens with one attached hydrogen (secondary N) is 1. The Labute approximate surface area is 121 Å². The van der Waals surface area contributed by atoms with Crippen LogP contribution in [0.4, 0.5) is 5.82 Å². The van der Waals surface area contributed by atoms with Gasteiger partial charge >= 0.3 is 5.97 Å². The van der Waals surface area contributed by atoms with Gasteiger partial charge in [-0.2, -0.15) is 11.3 Å². The molecule has 106 valence electrons. The topological polar surface area (TPSA) is 71.5 Å². The fraction of sp³-hybridized carbons (Fsp3) is 0.286. The number of carbonyl (C=O) groups is 1. The molecule has 0 amide bonds. The Morgan fingerprint density at radius 3 is 2.90 bits per heavy atom. The third-order valence-electron chi connectivity index (χ3n) is 2.90. The van der Waals surface area contributed by atoms with Crippen LogP contribution in [0, 0.1) is 6.92 Å². The van der Waals surface area contributed by atoms with Crippen LogP contribution in [0.3, 0.4) is 0 Å². The summed E-state index contributed by atoms with van der Waals surface area (Å²) in [5.74, 6) is 0.212. The van der Waals surface area contributed by atoms with Crippen molar-refractivity contribution in [1.82, 2.24) is 4.98 Å². The molecule has 2 aromatic heterocycles. The van der Waals surface area contributed by atoms with Gasteiger partial charge in [0.1, 0.15) is 5.82 Å². The van der Waals surface area contributed by atoms with E-state index in [1.807, 2.05) is 16.8 Å². The van der Waals surface area contributed by atoms with E-state index in [1.54, 1.807) is 30.4 Å². The van der Waals surface area contributed by atoms with Gasteiger partial charge < -0.3 is 15.2 Å². The highest BCUT2D eigenvalue weighted by Gasteiger charge is 2.12. The number of aliphatic hydroxyl groups is 1. The van der Waals surface area contributed by atoms with Crippen LogP contribution in [0.15, 0.2) is 29.0 Å². The molecule has 0 aliphatic heterocycles. The Kier molecular flexibility index (Phi) is 4.70. The number of esters is 1. The van der Waals surface area contributed by atoms with E-state index in [1.165, 1.54) is 7.11 Å². The lowest BCUT2D eigenvalue weighted by Crippen LogP contribution is -2.13. The molecule has 0 aromatic carbocycles. The van der Waals surface area contributed by atoms with Gasteiger partial charge in [0.25, 0.3) is 0 Å². The van der Waals surface area contributed by atoms with Crippen LogP contribution < -0.4 is 5.32 Å². The van der Waals surface area contributed by atoms with E-state index in [0.29, 0.717) is 23.6 Å². The second kappa shape index (κ2) is 6.49. The van der Waals surface area contributed by atoms with Gasteiger partial charge in [0.15, 0.2) is 0 Å². The Bertz CT molecular complexity index is 584. The zero-order valence-electron chi connectivity index (χ0n) is 11.3. The van der Waals surface area contributed by atoms with E-state index in [0.717, 1.165) is 5.56 Å². The van der Waals surface area contributed by atoms with Crippen LogP contribution in [0.25, 0.3) is 0 Å². The maximum Gasteiger partial charge on any atom is 0.339 e. The number of aromatic nitrogens is 1. The summed E-state index contributed by atoms with van der Waals surface area (Å²) in [4.78, 5) is 15.7. The van der Waals surface area contributed by atoms with Crippen molar-refractivity contribution in [3.05, 3.63) is 45.8 Å². The van der Waals surface area contributed by atoms with Crippen LogP contribution in [-0.4, -0.2) is 29.7 Å². The molecule has 2 rings (SSSR count). The Hall–Kier alpha value is -1.92. The summed E-state index contributed by atoms with van der Waals surface area (Å²) in [5, 5.41) is 16.8. The van der Waals surface area contributed by atoms with E-state index in [9.17, 15) is 9.90 Å². The minimum Gasteiger partial charge on any atom is -0.465 e. The molecular weight excluding hydrogens is 276 g/mol. The number of ether oxygens (including phenoxy) is 1. The summed E-state index contributed by atoms with van der Waals surface area (Å²) in [5.41, 5.74) is 1.91. The van der Waals surface area contributed by atoms with Gasteiger partial charge in [0, 0.05) is 6.54 Å². The number of nitrogens with zero attached hydrogens (tertiary/aromatic N) is 1. The molecule has 0 radical (unpaired) electrons. The molecule has 2 aromatic rings. The number of methoxy groups -OCH3 is 1. The van der Waals surface area contributed by atoms with Crippen molar-refractivity contribution in [2.24, 2.45) is 0 Å². The summed E-state index contributed by atoms with van der Waals surface area (Å²) in [6, 6.07) is 5.24. The number of anilines is 1. The molecule has 1 unspecified atom stereocenters. The number of pyridine rings is 1. The molecule has 2 heterocycles. The van der Waals surface area contributed by atoms with Gasteiger partial charge in [-0.25, -0.2) is 9.78 Å². The highest BCUT2D eigenvalue weighted by atomic mass is 32.1. The van der Waals surface area contributed by atoms with Gasteiger partial charge in [-0.15, -0.1) is 0 Å². The Morgan fingerprint density at radius 1 is 1.50 bits per heavy atom. The summed E-state index contributed by atoms with van der Waals surface area (Å²) in [6.07, 6.45) is -0.580. The number of carbonyl (C=O) groups excluding carboxylic acids is 1. The molecule has 2 N–H and O–H groups in total. The second-order valence-electron chi connectivity index (χ2n) is 4.27. The molecule has 5 nitrogen and oxygen atoms in total. The quantitative estimate of drug-likeness (QED) is 0.828. The minimum atomic E-state index is -0.580. The third kappa shape index (κ3) is 3.34. The molecule has 0 aliphatic rings. The number of hydrogen-bond acceptors (Lipinski definition) is 6. The first kappa shape index (κ1) is 14.5. The van der Waals surface area contributed by atoms with Gasteiger partial charge in [0.2, 0.25) is 0 Å². The van der Waals surface area contributed by atoms with Crippen molar-refractivity contribution in [3.63, 3.8) is 0 Å². The second-order valence-corrected chi connectivity index (χ2v) is 5.05. The average Bonchev–Trinajstić information content (AvgIpc) is 2.98. The first-order chi connectivity index (χ1) is 9.61. The number of thiophene rings is 1. The summed E-state index contributed by atoms with van der Waals surface area (Å²) < 4.78 is 4.67. The summed E-state index contributed by atoms with van der Waals surface area (Å²) >= 11 is 1.54. The van der Waals surface area contributed by atoms with E-state index in [2.05, 4.69) is 15.0 Å². The molecule has 20 heavy (non-hydrogen) atoms. The van der Waals surface area contributed by atoms with Crippen LogP contribution >= 0.6 is 11.3 Å². The van der Waals surface area contributed by atoms with Crippen molar-refractivity contribution in [2.45, 2.75) is 13.0 Å². The van der Waals surface area contributed by atoms with Gasteiger partial charge in [-0.3, -0.25) is 0 Å². The fourth-order valence-corrected chi connectivity index (χ4v) is 2.48. The largest absolute Gasteiger partial charge is 0.465 e. The van der Waals surface area contributed by atoms with E-state index in [-0.39, 0.29) is 0 Å². The molecular formula is C14H16N2O3S. The number of aryl methyl sites for hydroxylation is 1. The smallest absolute Gasteiger partial charge is 0.339 e. The maximum absolute atomic E-state index is 11.4. The predicted molar refractivity (Wildman–Crippen MR) is 78.1 cm³/mol. The minimum absolute atomic E-state index is 0.362. The molecule has 0 saturated carbocycles. The number of aliphatic hydroxyl groups excluding tert-OH is 1. The lowest BCUT2D eigenvalue weighted by atomic mass is 10.2. The molecule has 0 aliphatic carbocycles. The van der Waals surface area contributed by atoms with E-state index < -0.39 is 12.1 Å². The highest BCUT2D eigenvalue weighted by molar-refractivity contribution is 7.07. The van der Waals surface area contributed by atoms with E-state index in [4.69, 9.17) is 0 Å². The molecule has 0 spiro atoms. The summed E-state index contributed by atoms with van der Waals surface area (Å²) in [7, 11) is 1.34. The third-order valence-corrected chi connectivity index (χ3v) is 3.60. The van der Waals surface area contributed by atoms with Gasteiger partial charge in [-0.05, 0) is 41.4 Å². The first-order valence-electron chi connectivity index (χ1n) is 6.12. The van der Waals surface area contributed by atoms with Crippen molar-refractivity contribution in [2.75, 3.05) is 19.0 Å². The number of rotatable bonds is 5. The van der Waals surface area contributed by atoms with Crippen LogP contribution in [0.2, 0.25) is 0 Å². The maximum atomic E-state index is 11.4. The Morgan fingerprint density at radius 2 is 2.30 bits per heavy atom. The molecule has 0 saturated heterocycles. The number of hydrogen-bond donors (Lipinski definition) is 2. The van der Waals surface area contributed by atoms with Crippen molar-refractivity contribution in [1.29, 1.82) is 0 Å². The van der Waals surface area contributed by atoms with Crippen molar-refractivity contribution < 1.29 is 14.6 Å². The van der Waals surface area contributed by atoms with Crippen LogP contribution in [0.5, 0.6) is 0 Å². The molecule has 0 bridgehead atoms. The molecule has 6 heteroatoms. The monoisotopic (exact) mass is 292 g/mol. The van der Waals surface area contributed by atoms with Gasteiger partial charge in [0.05, 0.1) is 24.5 Å². The Balaban J connectivity index is 2.00. The SMILES string of the molecule is COC(=O)c1ccc(NCC(O)c2ccsc2)nc1C. The standard InChI is InChI=1S/C14H16N2O3S/c1-9-11(14(18)19-2)3-4-13(16-9)15-7-12(17)10-5-6-20-8-10/h3-6,8,12,17H,7H2,1-2H3,(H,15,16). The summed E-state index contributed by atoms with van der Waals surface area (Å²) in [6.45, 7) is 2.10. The fourth-order valence-electron chi connectivity index (χ4n) is 1.77. The molecule has 1 atom stereocenters. The van der Waals surface area contributed by atoms with Crippen molar-refractivity contribution >= 4 is 23.1 Å². The average molecular weight is 292 g/mol. The normalized spacial score (nSPS) is 11.9. The van der Waals surface area contributed by atoms with Crippen LogP contribution in [-0.2, 0) is 4.74 Å². The lowest BCUT2D eigenvalue weighted by Gasteiger charge is -2.12. The van der Waals surface area contributed by atoms with E-state index >= 15 is 0 Å². The zero-order valence-corrected chi connectivity index (χ0v) is 12.1. The lowest BCUT2D eigenvalue weighted by molar-refractivity contribution is 0.0599. The van der Waals surface area contributed by atoms with Crippen LogP contribution in [0.1, 0.15) is 27.7 Å². The van der Waals surface area contributed by atoms with Crippen molar-refractivity contribution in [3.8, 4) is 0 Å². The first-order valence-corrected chi connectivity index (χ1v) is 7.06. The predicted octanol–water partition coefficient (Wildman–Crippen LogP) is 2.38. The molecule has 0 fully saturated rings. The zero-order chi connectivity index (χ0) is 14.5. The highest BCUT2D eigenvalue weighted by Crippen LogP contribution is 2.17.